The third-order valence-corrected chi connectivity index (χ3v) is 6.05. The highest BCUT2D eigenvalue weighted by molar-refractivity contribution is 6.31. The predicted molar refractivity (Wildman–Crippen MR) is 119 cm³/mol. The van der Waals surface area contributed by atoms with Gasteiger partial charge in [0, 0.05) is 18.6 Å². The lowest BCUT2D eigenvalue weighted by atomic mass is 9.90. The number of likely N-dealkylation sites (N-methyl/N-ethyl adjacent to an activating group) is 1. The number of nitrogens with one attached hydrogen (secondary N) is 1. The Hall–Kier alpha value is -3.38. The zero-order valence-electron chi connectivity index (χ0n) is 17.3. The molecule has 1 saturated heterocycles. The lowest BCUT2D eigenvalue weighted by Gasteiger charge is -2.24. The summed E-state index contributed by atoms with van der Waals surface area (Å²) in [6.45, 7) is 1.61. The van der Waals surface area contributed by atoms with Crippen LogP contribution in [0.25, 0.3) is 10.8 Å². The van der Waals surface area contributed by atoms with E-state index >= 15 is 0 Å². The van der Waals surface area contributed by atoms with Crippen molar-refractivity contribution in [1.82, 2.24) is 15.1 Å². The highest BCUT2D eigenvalue weighted by Crippen LogP contribution is 2.31. The number of nitrogens with zero attached hydrogens (tertiary/aromatic N) is 2. The number of benzene rings is 3. The van der Waals surface area contributed by atoms with Gasteiger partial charge in [0.25, 0.3) is 5.91 Å². The Labute approximate surface area is 185 Å². The maximum Gasteiger partial charge on any atom is 0.325 e. The van der Waals surface area contributed by atoms with Crippen LogP contribution in [-0.4, -0.2) is 41.2 Å². The van der Waals surface area contributed by atoms with E-state index in [1.54, 1.807) is 20.0 Å². The number of urea groups is 1. The number of halogens is 1. The molecule has 1 fully saturated rings. The molecule has 0 radical (unpaired) electrons. The van der Waals surface area contributed by atoms with Crippen LogP contribution in [0.2, 0.25) is 5.02 Å². The van der Waals surface area contributed by atoms with Crippen LogP contribution in [0.5, 0.6) is 0 Å². The van der Waals surface area contributed by atoms with E-state index in [0.29, 0.717) is 10.6 Å². The van der Waals surface area contributed by atoms with Crippen molar-refractivity contribution in [3.8, 4) is 0 Å². The second-order valence-corrected chi connectivity index (χ2v) is 8.26. The Morgan fingerprint density at radius 2 is 1.71 bits per heavy atom. The molecule has 0 spiro atoms. The molecule has 4 rings (SSSR count). The van der Waals surface area contributed by atoms with Gasteiger partial charge in [-0.2, -0.15) is 0 Å². The number of fused-ring (bicyclic) bond motifs is 1. The fourth-order valence-electron chi connectivity index (χ4n) is 3.76. The highest BCUT2D eigenvalue weighted by Gasteiger charge is 2.49. The minimum atomic E-state index is -1.23. The molecule has 7 heteroatoms. The number of carbonyl (C=O) groups is 3. The number of hydrogen-bond donors (Lipinski definition) is 1. The van der Waals surface area contributed by atoms with Crippen LogP contribution in [-0.2, 0) is 21.7 Å². The van der Waals surface area contributed by atoms with Gasteiger partial charge in [-0.3, -0.25) is 14.5 Å². The van der Waals surface area contributed by atoms with Gasteiger partial charge in [-0.25, -0.2) is 4.79 Å². The van der Waals surface area contributed by atoms with Crippen LogP contribution in [0.4, 0.5) is 4.79 Å². The summed E-state index contributed by atoms with van der Waals surface area (Å²) in [5.41, 5.74) is 0.227. The minimum absolute atomic E-state index is 0.282. The van der Waals surface area contributed by atoms with Crippen molar-refractivity contribution in [3.05, 3.63) is 82.9 Å². The molecule has 1 aliphatic rings. The Morgan fingerprint density at radius 3 is 2.45 bits per heavy atom. The predicted octanol–water partition coefficient (Wildman–Crippen LogP) is 3.92. The van der Waals surface area contributed by atoms with Gasteiger partial charge in [-0.1, -0.05) is 66.2 Å². The first-order chi connectivity index (χ1) is 14.8. The summed E-state index contributed by atoms with van der Waals surface area (Å²) < 4.78 is 0. The third-order valence-electron chi connectivity index (χ3n) is 5.69. The van der Waals surface area contributed by atoms with E-state index in [1.807, 2.05) is 60.7 Å². The molecule has 0 aliphatic carbocycles. The minimum Gasteiger partial charge on any atom is -0.340 e. The smallest absolute Gasteiger partial charge is 0.325 e. The largest absolute Gasteiger partial charge is 0.340 e. The van der Waals surface area contributed by atoms with Gasteiger partial charge in [0.2, 0.25) is 5.91 Å². The summed E-state index contributed by atoms with van der Waals surface area (Å²) in [6, 6.07) is 20.1. The maximum atomic E-state index is 13.2. The molecule has 1 atom stereocenters. The first-order valence-electron chi connectivity index (χ1n) is 9.90. The molecular formula is C24H22ClN3O3. The van der Waals surface area contributed by atoms with Crippen molar-refractivity contribution in [1.29, 1.82) is 0 Å². The zero-order valence-corrected chi connectivity index (χ0v) is 18.0. The van der Waals surface area contributed by atoms with Crippen molar-refractivity contribution in [2.75, 3.05) is 13.6 Å². The maximum absolute atomic E-state index is 13.2. The lowest BCUT2D eigenvalue weighted by Crippen LogP contribution is -2.43. The molecule has 0 bridgehead atoms. The van der Waals surface area contributed by atoms with Crippen LogP contribution in [0.3, 0.4) is 0 Å². The van der Waals surface area contributed by atoms with Gasteiger partial charge >= 0.3 is 6.03 Å². The normalized spacial score (nSPS) is 18.4. The van der Waals surface area contributed by atoms with E-state index in [9.17, 15) is 14.4 Å². The molecular weight excluding hydrogens is 414 g/mol. The van der Waals surface area contributed by atoms with Crippen LogP contribution in [0, 0.1) is 0 Å². The average molecular weight is 436 g/mol. The molecule has 0 saturated carbocycles. The van der Waals surface area contributed by atoms with Crippen molar-refractivity contribution >= 4 is 40.2 Å². The van der Waals surface area contributed by atoms with Gasteiger partial charge in [0.15, 0.2) is 0 Å². The van der Waals surface area contributed by atoms with Crippen molar-refractivity contribution < 1.29 is 14.4 Å². The summed E-state index contributed by atoms with van der Waals surface area (Å²) in [7, 11) is 1.62. The Balaban J connectivity index is 1.52. The Bertz CT molecular complexity index is 1200. The summed E-state index contributed by atoms with van der Waals surface area (Å²) in [4.78, 5) is 41.0. The quantitative estimate of drug-likeness (QED) is 0.617. The molecule has 1 unspecified atom stereocenters. The number of imide groups is 1. The lowest BCUT2D eigenvalue weighted by molar-refractivity contribution is -0.138. The van der Waals surface area contributed by atoms with Crippen LogP contribution >= 0.6 is 11.6 Å². The monoisotopic (exact) mass is 435 g/mol. The van der Waals surface area contributed by atoms with Gasteiger partial charge in [-0.05, 0) is 41.0 Å². The molecule has 4 amide bonds. The number of amides is 4. The second kappa shape index (κ2) is 8.04. The average Bonchev–Trinajstić information content (AvgIpc) is 2.98. The van der Waals surface area contributed by atoms with Crippen LogP contribution in [0.15, 0.2) is 66.7 Å². The fraction of sp³-hybridized carbons (Fsp3) is 0.208. The van der Waals surface area contributed by atoms with E-state index in [0.717, 1.165) is 21.2 Å². The summed E-state index contributed by atoms with van der Waals surface area (Å²) in [6.07, 6.45) is 0. The van der Waals surface area contributed by atoms with E-state index in [4.69, 9.17) is 11.6 Å². The van der Waals surface area contributed by atoms with Crippen molar-refractivity contribution in [2.45, 2.75) is 19.0 Å². The van der Waals surface area contributed by atoms with Crippen molar-refractivity contribution in [3.63, 3.8) is 0 Å². The summed E-state index contributed by atoms with van der Waals surface area (Å²) in [5, 5.41) is 5.33. The second-order valence-electron chi connectivity index (χ2n) is 7.85. The molecule has 1 aliphatic heterocycles. The third kappa shape index (κ3) is 3.86. The molecule has 1 N–H and O–H groups in total. The van der Waals surface area contributed by atoms with Crippen molar-refractivity contribution in [2.24, 2.45) is 0 Å². The topological polar surface area (TPSA) is 69.7 Å². The van der Waals surface area contributed by atoms with E-state index in [1.165, 1.54) is 4.90 Å². The first-order valence-corrected chi connectivity index (χ1v) is 10.3. The molecule has 0 aromatic heterocycles. The van der Waals surface area contributed by atoms with Crippen LogP contribution in [0.1, 0.15) is 18.1 Å². The zero-order chi connectivity index (χ0) is 22.2. The van der Waals surface area contributed by atoms with Crippen LogP contribution < -0.4 is 5.32 Å². The van der Waals surface area contributed by atoms with E-state index < -0.39 is 17.5 Å². The first kappa shape index (κ1) is 20.9. The van der Waals surface area contributed by atoms with E-state index in [2.05, 4.69) is 5.32 Å². The Kier molecular flexibility index (Phi) is 5.41. The molecule has 3 aromatic carbocycles. The summed E-state index contributed by atoms with van der Waals surface area (Å²) in [5.74, 6) is -0.807. The molecule has 6 nitrogen and oxygen atoms in total. The molecule has 3 aromatic rings. The van der Waals surface area contributed by atoms with Gasteiger partial charge in [0.1, 0.15) is 12.1 Å². The van der Waals surface area contributed by atoms with Gasteiger partial charge in [-0.15, -0.1) is 0 Å². The highest BCUT2D eigenvalue weighted by atomic mass is 35.5. The molecule has 31 heavy (non-hydrogen) atoms. The SMILES string of the molecule is CN(Cc1ccccc1Cl)C(=O)CN1C(=O)NC(C)(c2ccc3ccccc3c2)C1=O. The van der Waals surface area contributed by atoms with Gasteiger partial charge in [0.05, 0.1) is 0 Å². The summed E-state index contributed by atoms with van der Waals surface area (Å²) >= 11 is 6.17. The number of carbonyl (C=O) groups excluding carboxylic acids is 3. The Morgan fingerprint density at radius 1 is 1.03 bits per heavy atom. The number of hydrogen-bond acceptors (Lipinski definition) is 3. The van der Waals surface area contributed by atoms with Gasteiger partial charge < -0.3 is 10.2 Å². The molecule has 1 heterocycles. The fourth-order valence-corrected chi connectivity index (χ4v) is 3.96. The number of rotatable bonds is 5. The standard InChI is InChI=1S/C24H22ClN3O3/c1-24(19-12-11-16-7-3-4-8-17(16)13-19)22(30)28(23(31)26-24)15-21(29)27(2)14-18-9-5-6-10-20(18)25/h3-13H,14-15H2,1-2H3,(H,26,31). The van der Waals surface area contributed by atoms with E-state index in [-0.39, 0.29) is 19.0 Å². The molecule has 158 valence electrons.